The van der Waals surface area contributed by atoms with E-state index in [4.69, 9.17) is 18.9 Å². The summed E-state index contributed by atoms with van der Waals surface area (Å²) in [5.41, 5.74) is 2.18. The number of thiophene rings is 1. The van der Waals surface area contributed by atoms with Gasteiger partial charge in [0, 0.05) is 33.9 Å². The Balaban J connectivity index is 1.23. The monoisotopic (exact) mass is 531 g/mol. The molecule has 0 atom stereocenters. The lowest BCUT2D eigenvalue weighted by atomic mass is 10.2. The normalized spacial score (nSPS) is 10.8. The maximum absolute atomic E-state index is 6.27. The highest BCUT2D eigenvalue weighted by Gasteiger charge is 2.15. The summed E-state index contributed by atoms with van der Waals surface area (Å²) in [7, 11) is 0. The first-order chi connectivity index (χ1) is 19.3. The molecule has 0 N–H and O–H groups in total. The van der Waals surface area contributed by atoms with Gasteiger partial charge in [0.2, 0.25) is 0 Å². The minimum atomic E-state index is 0.438. The van der Waals surface area contributed by atoms with E-state index in [1.54, 1.807) is 23.7 Å². The summed E-state index contributed by atoms with van der Waals surface area (Å²) >= 11 is 1.61. The molecular weight excluding hydrogens is 506 g/mol. The zero-order valence-corrected chi connectivity index (χ0v) is 21.8. The third-order valence-electron chi connectivity index (χ3n) is 6.02. The van der Waals surface area contributed by atoms with Crippen LogP contribution < -0.4 is 18.9 Å². The summed E-state index contributed by atoms with van der Waals surface area (Å²) < 4.78 is 25.7. The molecule has 39 heavy (non-hydrogen) atoms. The summed E-state index contributed by atoms with van der Waals surface area (Å²) in [5.74, 6) is 4.31. The average molecular weight is 532 g/mol. The Morgan fingerprint density at radius 1 is 0.538 bits per heavy atom. The highest BCUT2D eigenvalue weighted by Crippen LogP contribution is 2.42. The molecule has 0 saturated carbocycles. The predicted molar refractivity (Wildman–Crippen MR) is 154 cm³/mol. The summed E-state index contributed by atoms with van der Waals surface area (Å²) in [6, 6.07) is 35.4. The lowest BCUT2D eigenvalue weighted by Gasteiger charge is -2.14. The lowest BCUT2D eigenvalue weighted by molar-refractivity contribution is 0.256. The molecule has 0 aliphatic rings. The van der Waals surface area contributed by atoms with Crippen LogP contribution in [-0.2, 0) is 13.2 Å². The Morgan fingerprint density at radius 2 is 1.08 bits per heavy atom. The van der Waals surface area contributed by atoms with Gasteiger partial charge in [-0.1, -0.05) is 60.7 Å². The molecule has 0 saturated heterocycles. The van der Waals surface area contributed by atoms with Crippen molar-refractivity contribution in [2.45, 2.75) is 13.2 Å². The molecule has 0 amide bonds. The molecule has 192 valence electrons. The van der Waals surface area contributed by atoms with Crippen LogP contribution in [0.25, 0.3) is 10.1 Å². The number of hydrogen-bond acceptors (Lipinski definition) is 6. The summed E-state index contributed by atoms with van der Waals surface area (Å²) in [6.45, 7) is 0.893. The molecule has 0 fully saturated rings. The first-order valence-electron chi connectivity index (χ1n) is 12.5. The standard InChI is InChI=1S/C33H25NO4S/c1-3-7-24(8-4-1)21-35-30-19-29-32(23-39-33(29)20-31(30)36-22-25-9-5-2-6-10-25)38-27-13-11-26(12-14-27)37-28-15-17-34-18-16-28/h1-20,23H,21-22H2. The van der Waals surface area contributed by atoms with Gasteiger partial charge in [0.15, 0.2) is 11.5 Å². The van der Waals surface area contributed by atoms with Gasteiger partial charge >= 0.3 is 0 Å². The van der Waals surface area contributed by atoms with Crippen LogP contribution in [0.1, 0.15) is 11.1 Å². The zero-order valence-electron chi connectivity index (χ0n) is 21.0. The van der Waals surface area contributed by atoms with Crippen LogP contribution in [0.3, 0.4) is 0 Å². The van der Waals surface area contributed by atoms with Crippen LogP contribution in [0.15, 0.2) is 127 Å². The smallest absolute Gasteiger partial charge is 0.163 e. The number of aromatic nitrogens is 1. The first-order valence-corrected chi connectivity index (χ1v) is 13.4. The predicted octanol–water partition coefficient (Wildman–Crippen LogP) is 9.04. The van der Waals surface area contributed by atoms with Gasteiger partial charge in [-0.05, 0) is 53.6 Å². The van der Waals surface area contributed by atoms with E-state index in [9.17, 15) is 0 Å². The Kier molecular flexibility index (Phi) is 7.36. The lowest BCUT2D eigenvalue weighted by Crippen LogP contribution is -2.00. The maximum atomic E-state index is 6.27. The molecule has 0 aliphatic carbocycles. The van der Waals surface area contributed by atoms with Crippen LogP contribution >= 0.6 is 11.3 Å². The summed E-state index contributed by atoms with van der Waals surface area (Å²) in [4.78, 5) is 4.01. The number of fused-ring (bicyclic) bond motifs is 1. The molecule has 0 radical (unpaired) electrons. The largest absolute Gasteiger partial charge is 0.485 e. The van der Waals surface area contributed by atoms with Crippen LogP contribution in [0.2, 0.25) is 0 Å². The number of pyridine rings is 1. The van der Waals surface area contributed by atoms with E-state index in [-0.39, 0.29) is 0 Å². The average Bonchev–Trinajstić information content (AvgIpc) is 3.38. The van der Waals surface area contributed by atoms with E-state index in [1.165, 1.54) is 0 Å². The van der Waals surface area contributed by atoms with Gasteiger partial charge in [-0.25, -0.2) is 0 Å². The van der Waals surface area contributed by atoms with Crippen molar-refractivity contribution in [3.63, 3.8) is 0 Å². The molecule has 4 aromatic carbocycles. The number of hydrogen-bond donors (Lipinski definition) is 0. The van der Waals surface area contributed by atoms with E-state index >= 15 is 0 Å². The molecule has 6 aromatic rings. The van der Waals surface area contributed by atoms with Gasteiger partial charge in [-0.2, -0.15) is 0 Å². The molecule has 6 rings (SSSR count). The van der Waals surface area contributed by atoms with E-state index in [0.29, 0.717) is 30.5 Å². The van der Waals surface area contributed by atoms with E-state index < -0.39 is 0 Å². The number of rotatable bonds is 10. The molecule has 0 aliphatic heterocycles. The molecule has 0 unspecified atom stereocenters. The van der Waals surface area contributed by atoms with Crippen molar-refractivity contribution in [3.8, 4) is 34.5 Å². The van der Waals surface area contributed by atoms with E-state index in [1.807, 2.05) is 115 Å². The Labute approximate surface area is 230 Å². The van der Waals surface area contributed by atoms with Gasteiger partial charge < -0.3 is 18.9 Å². The maximum Gasteiger partial charge on any atom is 0.163 e. The van der Waals surface area contributed by atoms with Crippen molar-refractivity contribution in [1.29, 1.82) is 0 Å². The highest BCUT2D eigenvalue weighted by atomic mass is 32.1. The van der Waals surface area contributed by atoms with Crippen LogP contribution in [-0.4, -0.2) is 4.98 Å². The van der Waals surface area contributed by atoms with Crippen molar-refractivity contribution in [3.05, 3.63) is 138 Å². The minimum Gasteiger partial charge on any atom is -0.485 e. The van der Waals surface area contributed by atoms with Gasteiger partial charge in [0.1, 0.15) is 36.2 Å². The quantitative estimate of drug-likeness (QED) is 0.176. The Morgan fingerprint density at radius 3 is 1.69 bits per heavy atom. The van der Waals surface area contributed by atoms with Crippen molar-refractivity contribution >= 4 is 21.4 Å². The van der Waals surface area contributed by atoms with E-state index in [2.05, 4.69) is 4.98 Å². The fraction of sp³-hybridized carbons (Fsp3) is 0.0606. The third kappa shape index (κ3) is 6.20. The second kappa shape index (κ2) is 11.7. The van der Waals surface area contributed by atoms with Crippen LogP contribution in [0, 0.1) is 0 Å². The van der Waals surface area contributed by atoms with Crippen LogP contribution in [0.5, 0.6) is 34.5 Å². The molecule has 0 bridgehead atoms. The summed E-state index contributed by atoms with van der Waals surface area (Å²) in [5, 5.41) is 2.97. The van der Waals surface area contributed by atoms with Crippen molar-refractivity contribution in [2.75, 3.05) is 0 Å². The van der Waals surface area contributed by atoms with E-state index in [0.717, 1.165) is 38.5 Å². The Hall–Kier alpha value is -4.81. The number of nitrogens with zero attached hydrogens (tertiary/aromatic N) is 1. The molecule has 6 heteroatoms. The third-order valence-corrected chi connectivity index (χ3v) is 6.94. The fourth-order valence-electron chi connectivity index (χ4n) is 4.03. The van der Waals surface area contributed by atoms with Crippen molar-refractivity contribution in [1.82, 2.24) is 4.98 Å². The second-order valence-electron chi connectivity index (χ2n) is 8.80. The molecule has 5 nitrogen and oxygen atoms in total. The van der Waals surface area contributed by atoms with Gasteiger partial charge in [-0.3, -0.25) is 4.98 Å². The summed E-state index contributed by atoms with van der Waals surface area (Å²) in [6.07, 6.45) is 3.40. The topological polar surface area (TPSA) is 49.8 Å². The Bertz CT molecular complexity index is 1640. The van der Waals surface area contributed by atoms with Crippen molar-refractivity contribution < 1.29 is 18.9 Å². The molecule has 2 aromatic heterocycles. The van der Waals surface area contributed by atoms with Gasteiger partial charge in [-0.15, -0.1) is 11.3 Å². The van der Waals surface area contributed by atoms with Crippen LogP contribution in [0.4, 0.5) is 0 Å². The van der Waals surface area contributed by atoms with Gasteiger partial charge in [0.25, 0.3) is 0 Å². The number of benzene rings is 4. The molecule has 2 heterocycles. The highest BCUT2D eigenvalue weighted by molar-refractivity contribution is 7.17. The minimum absolute atomic E-state index is 0.438. The SMILES string of the molecule is c1ccc(COc2cc3scc(Oc4ccc(Oc5ccncc5)cc4)c3cc2OCc2ccccc2)cc1. The van der Waals surface area contributed by atoms with Crippen molar-refractivity contribution in [2.24, 2.45) is 0 Å². The number of ether oxygens (including phenoxy) is 4. The second-order valence-corrected chi connectivity index (χ2v) is 9.71. The molecule has 0 spiro atoms. The molecular formula is C33H25NO4S. The zero-order chi connectivity index (χ0) is 26.3. The fourth-order valence-corrected chi connectivity index (χ4v) is 4.90. The first kappa shape index (κ1) is 24.5. The van der Waals surface area contributed by atoms with Gasteiger partial charge in [0.05, 0.1) is 0 Å².